The van der Waals surface area contributed by atoms with E-state index < -0.39 is 17.4 Å². The molecule has 32 heavy (non-hydrogen) atoms. The van der Waals surface area contributed by atoms with Crippen molar-refractivity contribution < 1.29 is 5.11 Å². The minimum absolute atomic E-state index is 0.0840. The van der Waals surface area contributed by atoms with Gasteiger partial charge in [-0.15, -0.1) is 11.3 Å². The van der Waals surface area contributed by atoms with E-state index in [9.17, 15) is 14.7 Å². The van der Waals surface area contributed by atoms with Crippen LogP contribution < -0.4 is 11.2 Å². The predicted molar refractivity (Wildman–Crippen MR) is 123 cm³/mol. The number of aliphatic hydroxyl groups is 1. The number of aromatic nitrogens is 6. The molecule has 0 bridgehead atoms. The van der Waals surface area contributed by atoms with Gasteiger partial charge in [0.1, 0.15) is 5.82 Å². The Balaban J connectivity index is 1.64. The average Bonchev–Trinajstić information content (AvgIpc) is 3.43. The first-order chi connectivity index (χ1) is 15.4. The number of rotatable bonds is 6. The first-order valence-electron chi connectivity index (χ1n) is 10.0. The van der Waals surface area contributed by atoms with Crippen LogP contribution in [0.25, 0.3) is 16.1 Å². The number of H-pyrrole nitrogens is 1. The summed E-state index contributed by atoms with van der Waals surface area (Å²) in [4.78, 5) is 37.5. The van der Waals surface area contributed by atoms with Crippen LogP contribution in [-0.2, 0) is 19.5 Å². The number of nitrogens with zero attached hydrogens (tertiary/aromatic N) is 5. The van der Waals surface area contributed by atoms with E-state index in [2.05, 4.69) is 15.0 Å². The Morgan fingerprint density at radius 1 is 1.19 bits per heavy atom. The number of hydrogen-bond acceptors (Lipinski definition) is 6. The van der Waals surface area contributed by atoms with E-state index in [1.807, 2.05) is 29.1 Å². The molecule has 0 saturated carbocycles. The van der Waals surface area contributed by atoms with Crippen molar-refractivity contribution in [2.24, 2.45) is 0 Å². The summed E-state index contributed by atoms with van der Waals surface area (Å²) in [7, 11) is 0. The second-order valence-corrected chi connectivity index (χ2v) is 8.69. The van der Waals surface area contributed by atoms with Crippen LogP contribution in [0.1, 0.15) is 30.1 Å². The molecule has 9 nitrogen and oxygen atoms in total. The summed E-state index contributed by atoms with van der Waals surface area (Å²) in [5.74, 6) is 0.539. The van der Waals surface area contributed by atoms with Crippen molar-refractivity contribution in [3.8, 4) is 0 Å². The average molecular weight is 471 g/mol. The molecule has 5 rings (SSSR count). The highest BCUT2D eigenvalue weighted by Gasteiger charge is 2.21. The maximum atomic E-state index is 12.8. The van der Waals surface area contributed by atoms with Crippen LogP contribution in [0.4, 0.5) is 0 Å². The number of benzene rings is 1. The number of hydrogen-bond donors (Lipinski definition) is 2. The first kappa shape index (κ1) is 20.7. The minimum atomic E-state index is -0.907. The summed E-state index contributed by atoms with van der Waals surface area (Å²) in [5, 5.41) is 13.4. The van der Waals surface area contributed by atoms with E-state index in [0.29, 0.717) is 35.0 Å². The molecule has 0 spiro atoms. The molecule has 164 valence electrons. The highest BCUT2D eigenvalue weighted by molar-refractivity contribution is 7.15. The number of nitrogens with one attached hydrogen (secondary N) is 1. The SMILES string of the molecule is CCn1c(=O)[nH]c(=O)c2c1nc(Cc1cn3ccsc3n1)n2CC(O)c1ccc(Cl)cc1. The van der Waals surface area contributed by atoms with Gasteiger partial charge in [-0.2, -0.15) is 0 Å². The predicted octanol–water partition coefficient (Wildman–Crippen LogP) is 2.59. The van der Waals surface area contributed by atoms with E-state index in [0.717, 1.165) is 10.7 Å². The number of fused-ring (bicyclic) bond motifs is 2. The molecule has 0 saturated heterocycles. The lowest BCUT2D eigenvalue weighted by Crippen LogP contribution is -2.31. The van der Waals surface area contributed by atoms with Crippen molar-refractivity contribution >= 4 is 39.1 Å². The summed E-state index contributed by atoms with van der Waals surface area (Å²) < 4.78 is 5.01. The molecule has 0 aliphatic rings. The van der Waals surface area contributed by atoms with Crippen molar-refractivity contribution in [2.45, 2.75) is 32.5 Å². The van der Waals surface area contributed by atoms with Crippen LogP contribution in [0.15, 0.2) is 51.6 Å². The Morgan fingerprint density at radius 2 is 1.97 bits per heavy atom. The van der Waals surface area contributed by atoms with Gasteiger partial charge in [0.15, 0.2) is 16.1 Å². The second kappa shape index (κ2) is 8.05. The van der Waals surface area contributed by atoms with Crippen molar-refractivity contribution in [2.75, 3.05) is 0 Å². The Bertz CT molecular complexity index is 1510. The molecular formula is C21H19ClN6O3S. The van der Waals surface area contributed by atoms with Gasteiger partial charge >= 0.3 is 5.69 Å². The van der Waals surface area contributed by atoms with Crippen LogP contribution in [0.2, 0.25) is 5.02 Å². The zero-order valence-corrected chi connectivity index (χ0v) is 18.6. The molecule has 0 aliphatic heterocycles. The first-order valence-corrected chi connectivity index (χ1v) is 11.3. The Morgan fingerprint density at radius 3 is 2.69 bits per heavy atom. The Hall–Kier alpha value is -3.21. The summed E-state index contributed by atoms with van der Waals surface area (Å²) in [6.45, 7) is 2.24. The number of aliphatic hydroxyl groups excluding tert-OH is 1. The maximum Gasteiger partial charge on any atom is 0.330 e. The smallest absolute Gasteiger partial charge is 0.330 e. The molecular weight excluding hydrogens is 452 g/mol. The highest BCUT2D eigenvalue weighted by Crippen LogP contribution is 2.23. The van der Waals surface area contributed by atoms with Crippen LogP contribution in [0, 0.1) is 0 Å². The van der Waals surface area contributed by atoms with Gasteiger partial charge in [0.25, 0.3) is 5.56 Å². The van der Waals surface area contributed by atoms with E-state index in [-0.39, 0.29) is 12.1 Å². The molecule has 1 aromatic carbocycles. The fraction of sp³-hybridized carbons (Fsp3) is 0.238. The molecule has 2 N–H and O–H groups in total. The molecule has 0 radical (unpaired) electrons. The molecule has 11 heteroatoms. The van der Waals surface area contributed by atoms with Gasteiger partial charge in [-0.05, 0) is 24.6 Å². The van der Waals surface area contributed by atoms with Crippen LogP contribution in [0.5, 0.6) is 0 Å². The van der Waals surface area contributed by atoms with Crippen molar-refractivity contribution in [3.05, 3.63) is 85.0 Å². The molecule has 4 heterocycles. The number of thiazole rings is 1. The molecule has 0 aliphatic carbocycles. The number of aromatic amines is 1. The number of imidazole rings is 2. The topological polar surface area (TPSA) is 110 Å². The quantitative estimate of drug-likeness (QED) is 0.396. The molecule has 1 atom stereocenters. The Kier molecular flexibility index (Phi) is 5.20. The van der Waals surface area contributed by atoms with Gasteiger partial charge in [0.05, 0.1) is 18.3 Å². The molecule has 0 amide bonds. The fourth-order valence-corrected chi connectivity index (χ4v) is 4.67. The van der Waals surface area contributed by atoms with Crippen LogP contribution in [-0.4, -0.2) is 33.6 Å². The lowest BCUT2D eigenvalue weighted by Gasteiger charge is -2.15. The summed E-state index contributed by atoms with van der Waals surface area (Å²) in [5.41, 5.74) is 0.918. The van der Waals surface area contributed by atoms with Crippen LogP contribution >= 0.6 is 22.9 Å². The third-order valence-electron chi connectivity index (χ3n) is 5.37. The summed E-state index contributed by atoms with van der Waals surface area (Å²) in [6.07, 6.45) is 3.26. The fourth-order valence-electron chi connectivity index (χ4n) is 3.83. The second-order valence-electron chi connectivity index (χ2n) is 7.38. The van der Waals surface area contributed by atoms with Gasteiger partial charge < -0.3 is 9.67 Å². The molecule has 0 fully saturated rings. The lowest BCUT2D eigenvalue weighted by atomic mass is 10.1. The van der Waals surface area contributed by atoms with Gasteiger partial charge in [-0.3, -0.25) is 18.7 Å². The monoisotopic (exact) mass is 470 g/mol. The van der Waals surface area contributed by atoms with Crippen molar-refractivity contribution in [1.29, 1.82) is 0 Å². The molecule has 4 aromatic heterocycles. The van der Waals surface area contributed by atoms with E-state index in [1.165, 1.54) is 15.9 Å². The minimum Gasteiger partial charge on any atom is -0.387 e. The number of halogens is 1. The maximum absolute atomic E-state index is 12.8. The van der Waals surface area contributed by atoms with E-state index in [1.54, 1.807) is 28.8 Å². The van der Waals surface area contributed by atoms with Gasteiger partial charge in [0, 0.05) is 35.8 Å². The van der Waals surface area contributed by atoms with Gasteiger partial charge in [-0.25, -0.2) is 14.8 Å². The van der Waals surface area contributed by atoms with Crippen molar-refractivity contribution in [3.63, 3.8) is 0 Å². The van der Waals surface area contributed by atoms with Crippen molar-refractivity contribution in [1.82, 2.24) is 28.5 Å². The summed E-state index contributed by atoms with van der Waals surface area (Å²) >= 11 is 7.48. The van der Waals surface area contributed by atoms with Crippen LogP contribution in [0.3, 0.4) is 0 Å². The largest absolute Gasteiger partial charge is 0.387 e. The summed E-state index contributed by atoms with van der Waals surface area (Å²) in [6, 6.07) is 6.88. The van der Waals surface area contributed by atoms with Gasteiger partial charge in [0.2, 0.25) is 0 Å². The third-order valence-corrected chi connectivity index (χ3v) is 6.40. The third kappa shape index (κ3) is 3.56. The molecule has 1 unspecified atom stereocenters. The molecule has 5 aromatic rings. The normalized spacial score (nSPS) is 12.7. The lowest BCUT2D eigenvalue weighted by molar-refractivity contribution is 0.157. The highest BCUT2D eigenvalue weighted by atomic mass is 35.5. The zero-order valence-electron chi connectivity index (χ0n) is 17.0. The number of aryl methyl sites for hydroxylation is 1. The van der Waals surface area contributed by atoms with E-state index >= 15 is 0 Å². The van der Waals surface area contributed by atoms with Gasteiger partial charge in [-0.1, -0.05) is 23.7 Å². The standard InChI is InChI=1S/C21H19ClN6O3S/c1-2-27-18-17(19(30)25-20(27)31)28(11-15(29)12-3-5-13(22)6-4-12)16(24-18)9-14-10-26-7-8-32-21(26)23-14/h3-8,10,15,29H,2,9,11H2,1H3,(H,25,30,31). The van der Waals surface area contributed by atoms with E-state index in [4.69, 9.17) is 11.6 Å². The zero-order chi connectivity index (χ0) is 22.4. The Labute approximate surface area is 190 Å².